The second kappa shape index (κ2) is 22.6. The van der Waals surface area contributed by atoms with Gasteiger partial charge in [0.15, 0.2) is 11.6 Å². The van der Waals surface area contributed by atoms with Gasteiger partial charge in [0.1, 0.15) is 22.8 Å². The minimum Gasteiger partial charge on any atom is -0.496 e. The highest BCUT2D eigenvalue weighted by atomic mass is 32.2. The molecule has 0 spiro atoms. The minimum atomic E-state index is -0.219. The molecular weight excluding hydrogens is 852 g/mol. The van der Waals surface area contributed by atoms with E-state index >= 15 is 0 Å². The lowest BCUT2D eigenvalue weighted by Crippen LogP contribution is -2.26. The van der Waals surface area contributed by atoms with Gasteiger partial charge in [-0.2, -0.15) is 3.89 Å². The van der Waals surface area contributed by atoms with Crippen molar-refractivity contribution in [3.8, 4) is 11.5 Å². The largest absolute Gasteiger partial charge is 0.496 e. The van der Waals surface area contributed by atoms with Crippen LogP contribution < -0.4 is 20.6 Å². The molecular formula is C49H63FN6O8S. The van der Waals surface area contributed by atoms with E-state index in [-0.39, 0.29) is 72.0 Å². The van der Waals surface area contributed by atoms with E-state index in [2.05, 4.69) is 42.9 Å². The molecule has 2 N–H and O–H groups in total. The molecule has 6 heterocycles. The first-order valence-corrected chi connectivity index (χ1v) is 22.9. The van der Waals surface area contributed by atoms with E-state index in [0.29, 0.717) is 52.5 Å². The molecule has 6 aromatic rings. The van der Waals surface area contributed by atoms with E-state index in [9.17, 15) is 23.1 Å². The Morgan fingerprint density at radius 1 is 0.738 bits per heavy atom. The Hall–Kier alpha value is -5.58. The fraction of sp³-hybridized carbons (Fsp3) is 0.469. The number of carbonyl (C=O) groups excluding carboxylic acids is 2. The van der Waals surface area contributed by atoms with Gasteiger partial charge in [0.05, 0.1) is 49.6 Å². The van der Waals surface area contributed by atoms with E-state index in [1.54, 1.807) is 52.6 Å². The normalized spacial score (nSPS) is 14.2. The van der Waals surface area contributed by atoms with E-state index < -0.39 is 0 Å². The van der Waals surface area contributed by atoms with Crippen molar-refractivity contribution in [3.05, 3.63) is 115 Å². The van der Waals surface area contributed by atoms with Gasteiger partial charge in [0.2, 0.25) is 0 Å². The van der Waals surface area contributed by atoms with Crippen molar-refractivity contribution in [1.29, 1.82) is 0 Å². The fourth-order valence-corrected chi connectivity index (χ4v) is 8.92. The van der Waals surface area contributed by atoms with Gasteiger partial charge in [-0.3, -0.25) is 19.2 Å². The molecule has 350 valence electrons. The van der Waals surface area contributed by atoms with Gasteiger partial charge in [0, 0.05) is 103 Å². The number of halogens is 1. The summed E-state index contributed by atoms with van der Waals surface area (Å²) in [7, 11) is 6.50. The third-order valence-electron chi connectivity index (χ3n) is 12.4. The summed E-state index contributed by atoms with van der Waals surface area (Å²) in [5.41, 5.74) is 6.63. The molecule has 1 saturated carbocycles. The molecule has 6 aromatic heterocycles. The van der Waals surface area contributed by atoms with E-state index in [1.807, 2.05) is 45.0 Å². The lowest BCUT2D eigenvalue weighted by molar-refractivity contribution is 0.0460. The average molecular weight is 915 g/mol. The number of hydrogen-bond acceptors (Lipinski definition) is 11. The number of H-pyrrole nitrogens is 2. The van der Waals surface area contributed by atoms with Crippen molar-refractivity contribution < 1.29 is 32.4 Å². The number of aromatic amines is 2. The van der Waals surface area contributed by atoms with Crippen LogP contribution in [-0.4, -0.2) is 87.5 Å². The Labute approximate surface area is 383 Å². The molecule has 4 unspecified atom stereocenters. The number of carbonyl (C=O) groups is 2. The number of ketones is 2. The topological polar surface area (TPSA) is 172 Å². The second-order valence-corrected chi connectivity index (χ2v) is 16.8. The monoisotopic (exact) mass is 914 g/mol. The quantitative estimate of drug-likeness (QED) is 0.0836. The van der Waals surface area contributed by atoms with Gasteiger partial charge < -0.3 is 38.0 Å². The molecule has 0 saturated heterocycles. The van der Waals surface area contributed by atoms with Crippen molar-refractivity contribution in [2.75, 3.05) is 34.7 Å². The summed E-state index contributed by atoms with van der Waals surface area (Å²) in [6.45, 7) is 13.7. The highest BCUT2D eigenvalue weighted by Gasteiger charge is 2.37. The molecule has 14 nitrogen and oxygen atoms in total. The molecule has 0 amide bonds. The first kappa shape index (κ1) is 50.4. The summed E-state index contributed by atoms with van der Waals surface area (Å²) in [6, 6.07) is 11.2. The van der Waals surface area contributed by atoms with Crippen LogP contribution in [0, 0.1) is 33.6 Å². The zero-order chi connectivity index (χ0) is 47.7. The molecule has 4 atom stereocenters. The smallest absolute Gasteiger partial charge is 0.255 e. The molecule has 1 aliphatic rings. The maximum atomic E-state index is 13.4. The molecule has 65 heavy (non-hydrogen) atoms. The Balaban J connectivity index is 0.000000231. The highest BCUT2D eigenvalue weighted by molar-refractivity contribution is 7.93. The predicted octanol–water partition coefficient (Wildman–Crippen LogP) is 9.15. The number of ether oxygens (including phenoxy) is 4. The summed E-state index contributed by atoms with van der Waals surface area (Å²) in [5, 5.41) is 1.66. The molecule has 0 aromatic carbocycles. The van der Waals surface area contributed by atoms with Crippen LogP contribution in [0.1, 0.15) is 113 Å². The molecule has 1 fully saturated rings. The van der Waals surface area contributed by atoms with Gasteiger partial charge in [0.25, 0.3) is 11.1 Å². The van der Waals surface area contributed by atoms with E-state index in [1.165, 1.54) is 33.3 Å². The van der Waals surface area contributed by atoms with Crippen molar-refractivity contribution in [3.63, 3.8) is 0 Å². The number of nitrogens with zero attached hydrogens (tertiary/aromatic N) is 4. The third-order valence-corrected chi connectivity index (χ3v) is 12.4. The van der Waals surface area contributed by atoms with Crippen LogP contribution in [0.25, 0.3) is 22.1 Å². The summed E-state index contributed by atoms with van der Waals surface area (Å²) < 4.78 is 36.5. The Morgan fingerprint density at radius 2 is 1.15 bits per heavy atom. The number of Topliss-reactive ketones (excluding diaryl/α,β-unsaturated/α-hetero) is 2. The van der Waals surface area contributed by atoms with Gasteiger partial charge in [-0.1, -0.05) is 0 Å². The van der Waals surface area contributed by atoms with Crippen molar-refractivity contribution in [2.45, 2.75) is 111 Å². The standard InChI is InChI=1S/C25H31N3O4.C23H29N3O4.CH3FS/c1-14-13-21(31-4)18(25(30)27-14)10-11-20(29)22-15(2)28(24-19(22)7-6-12-26-24)16(3)23(32-5)17-8-9-17;1-13-12-20(30-6)17(23(28)25-13)9-10-19(27)21-15(3)26(14(2)16(4)29-5)22-18(21)8-7-11-24-22;1-3-2/h6-7,12-13,16-17,23H,8-11H2,1-5H3,(H,27,30);7-8,11-12,14,16H,9-10H2,1-6H3,(H,25,28);1H3. The van der Waals surface area contributed by atoms with Gasteiger partial charge in [-0.05, 0) is 116 Å². The van der Waals surface area contributed by atoms with Gasteiger partial charge >= 0.3 is 0 Å². The predicted molar refractivity (Wildman–Crippen MR) is 255 cm³/mol. The maximum Gasteiger partial charge on any atom is 0.255 e. The van der Waals surface area contributed by atoms with Gasteiger partial charge in [-0.15, -0.1) is 0 Å². The molecule has 7 rings (SSSR count). The van der Waals surface area contributed by atoms with Crippen molar-refractivity contribution in [1.82, 2.24) is 29.1 Å². The Kier molecular flexibility index (Phi) is 17.5. The summed E-state index contributed by atoms with van der Waals surface area (Å²) in [6.07, 6.45) is 8.27. The Morgan fingerprint density at radius 3 is 1.52 bits per heavy atom. The number of nitrogens with one attached hydrogen (secondary N) is 2. The number of aromatic nitrogens is 6. The average Bonchev–Trinajstić information content (AvgIpc) is 4.01. The lowest BCUT2D eigenvalue weighted by atomic mass is 10.0. The minimum absolute atomic E-state index is 0.00568. The van der Waals surface area contributed by atoms with Crippen LogP contribution in [0.15, 0.2) is 58.4 Å². The van der Waals surface area contributed by atoms with Crippen LogP contribution in [0.2, 0.25) is 0 Å². The second-order valence-electron chi connectivity index (χ2n) is 16.5. The Bertz CT molecular complexity index is 2740. The molecule has 0 radical (unpaired) electrons. The highest BCUT2D eigenvalue weighted by Crippen LogP contribution is 2.41. The fourth-order valence-electron chi connectivity index (χ4n) is 8.92. The number of methoxy groups -OCH3 is 4. The van der Waals surface area contributed by atoms with Crippen molar-refractivity contribution in [2.24, 2.45) is 5.92 Å². The van der Waals surface area contributed by atoms with Crippen LogP contribution in [0.5, 0.6) is 11.5 Å². The maximum absolute atomic E-state index is 13.4. The number of fused-ring (bicyclic) bond motifs is 2. The van der Waals surface area contributed by atoms with Crippen LogP contribution in [-0.2, 0) is 22.3 Å². The zero-order valence-electron chi connectivity index (χ0n) is 39.6. The van der Waals surface area contributed by atoms with Crippen molar-refractivity contribution >= 4 is 45.8 Å². The molecule has 1 aliphatic carbocycles. The molecule has 16 heteroatoms. The summed E-state index contributed by atoms with van der Waals surface area (Å²) in [5.74, 6) is 1.54. The number of rotatable bonds is 17. The van der Waals surface area contributed by atoms with E-state index in [4.69, 9.17) is 18.9 Å². The number of aryl methyl sites for hydroxylation is 2. The van der Waals surface area contributed by atoms with Crippen LogP contribution in [0.3, 0.4) is 0 Å². The first-order valence-electron chi connectivity index (χ1n) is 21.8. The van der Waals surface area contributed by atoms with E-state index in [0.717, 1.165) is 44.8 Å². The molecule has 0 bridgehead atoms. The zero-order valence-corrected chi connectivity index (χ0v) is 40.4. The summed E-state index contributed by atoms with van der Waals surface area (Å²) in [4.78, 5) is 66.2. The molecule has 0 aliphatic heterocycles. The summed E-state index contributed by atoms with van der Waals surface area (Å²) >= 11 is 0.250. The third kappa shape index (κ3) is 11.1. The SMILES string of the molecule is COc1cc(C)[nH]c(=O)c1CCC(=O)c1c(C)n(C(C)C(C)OC)c2ncccc12.COc1cc(C)[nH]c(=O)c1CCC(=O)c1c(C)n(C(C)C(OC)C2CC2)c2ncccc12.CSF. The number of pyridine rings is 4. The first-order chi connectivity index (χ1) is 31.1. The lowest BCUT2D eigenvalue weighted by Gasteiger charge is -2.26. The van der Waals surface area contributed by atoms with Crippen LogP contribution >= 0.6 is 12.1 Å². The van der Waals surface area contributed by atoms with Gasteiger partial charge in [-0.25, -0.2) is 9.97 Å². The van der Waals surface area contributed by atoms with Crippen LogP contribution in [0.4, 0.5) is 3.89 Å². The number of hydrogen-bond donors (Lipinski definition) is 2.